The Hall–Kier alpha value is -2.32. The summed E-state index contributed by atoms with van der Waals surface area (Å²) in [6.07, 6.45) is 3.48. The normalized spacial score (nSPS) is 17.3. The SMILES string of the molecule is Cc1ncc2c(n1)CCC(NS(=O)(=O)c1ccccc1C(=O)O)C2. The number of sulfonamides is 1. The minimum atomic E-state index is -3.92. The molecule has 0 fully saturated rings. The summed E-state index contributed by atoms with van der Waals surface area (Å²) in [7, 11) is -3.92. The van der Waals surface area contributed by atoms with Crippen LogP contribution in [0.15, 0.2) is 35.4 Å². The second kappa shape index (κ2) is 6.29. The van der Waals surface area contributed by atoms with Crippen LogP contribution in [0, 0.1) is 6.92 Å². The third-order valence-corrected chi connectivity index (χ3v) is 5.58. The van der Waals surface area contributed by atoms with Crippen LogP contribution >= 0.6 is 0 Å². The van der Waals surface area contributed by atoms with Crippen LogP contribution in [-0.4, -0.2) is 35.5 Å². The van der Waals surface area contributed by atoms with Crippen LogP contribution in [0.3, 0.4) is 0 Å². The van der Waals surface area contributed by atoms with Gasteiger partial charge in [0.25, 0.3) is 0 Å². The fraction of sp³-hybridized carbons (Fsp3) is 0.312. The van der Waals surface area contributed by atoms with Crippen molar-refractivity contribution in [1.29, 1.82) is 0 Å². The summed E-state index contributed by atoms with van der Waals surface area (Å²) in [5, 5.41) is 9.18. The second-order valence-electron chi connectivity index (χ2n) is 5.75. The monoisotopic (exact) mass is 347 g/mol. The summed E-state index contributed by atoms with van der Waals surface area (Å²) in [5.74, 6) is -0.572. The highest BCUT2D eigenvalue weighted by molar-refractivity contribution is 7.89. The van der Waals surface area contributed by atoms with E-state index < -0.39 is 16.0 Å². The number of rotatable bonds is 4. The van der Waals surface area contributed by atoms with E-state index in [1.54, 1.807) is 6.20 Å². The van der Waals surface area contributed by atoms with Gasteiger partial charge < -0.3 is 5.11 Å². The number of carboxylic acids is 1. The number of nitrogens with zero attached hydrogens (tertiary/aromatic N) is 2. The van der Waals surface area contributed by atoms with Gasteiger partial charge in [-0.1, -0.05) is 12.1 Å². The first kappa shape index (κ1) is 16.5. The Balaban J connectivity index is 1.84. The Morgan fingerprint density at radius 3 is 2.83 bits per heavy atom. The maximum atomic E-state index is 12.6. The molecule has 2 aromatic rings. The minimum Gasteiger partial charge on any atom is -0.478 e. The molecule has 0 bridgehead atoms. The standard InChI is InChI=1S/C16H17N3O4S/c1-10-17-9-11-8-12(6-7-14(11)18-10)19-24(22,23)15-5-3-2-4-13(15)16(20)21/h2-5,9,12,19H,6-8H2,1H3,(H,20,21). The Bertz CT molecular complexity index is 896. The molecule has 0 amide bonds. The summed E-state index contributed by atoms with van der Waals surface area (Å²) >= 11 is 0. The van der Waals surface area contributed by atoms with Crippen molar-refractivity contribution in [2.45, 2.75) is 37.1 Å². The molecule has 1 unspecified atom stereocenters. The summed E-state index contributed by atoms with van der Waals surface area (Å²) in [4.78, 5) is 19.6. The Morgan fingerprint density at radius 2 is 2.08 bits per heavy atom. The lowest BCUT2D eigenvalue weighted by Gasteiger charge is -2.24. The van der Waals surface area contributed by atoms with E-state index in [4.69, 9.17) is 0 Å². The molecule has 8 heteroatoms. The van der Waals surface area contributed by atoms with E-state index in [0.717, 1.165) is 11.3 Å². The molecule has 0 radical (unpaired) electrons. The molecule has 126 valence electrons. The van der Waals surface area contributed by atoms with Crippen molar-refractivity contribution in [2.24, 2.45) is 0 Å². The first-order valence-corrected chi connectivity index (χ1v) is 9.01. The molecule has 2 N–H and O–H groups in total. The summed E-state index contributed by atoms with van der Waals surface area (Å²) in [6.45, 7) is 1.82. The van der Waals surface area contributed by atoms with Crippen LogP contribution < -0.4 is 4.72 Å². The van der Waals surface area contributed by atoms with E-state index in [-0.39, 0.29) is 16.5 Å². The van der Waals surface area contributed by atoms with Gasteiger partial charge in [-0.05, 0) is 43.9 Å². The molecule has 0 saturated carbocycles. The number of aryl methyl sites for hydroxylation is 2. The highest BCUT2D eigenvalue weighted by Crippen LogP contribution is 2.22. The lowest BCUT2D eigenvalue weighted by molar-refractivity contribution is 0.0692. The van der Waals surface area contributed by atoms with Crippen LogP contribution in [0.5, 0.6) is 0 Å². The highest BCUT2D eigenvalue weighted by atomic mass is 32.2. The van der Waals surface area contributed by atoms with Crippen molar-refractivity contribution in [1.82, 2.24) is 14.7 Å². The van der Waals surface area contributed by atoms with Crippen LogP contribution in [0.2, 0.25) is 0 Å². The van der Waals surface area contributed by atoms with Crippen molar-refractivity contribution >= 4 is 16.0 Å². The number of aromatic nitrogens is 2. The van der Waals surface area contributed by atoms with Gasteiger partial charge in [0, 0.05) is 17.9 Å². The summed E-state index contributed by atoms with van der Waals surface area (Å²) in [5.41, 5.74) is 1.63. The van der Waals surface area contributed by atoms with Gasteiger partial charge in [0.15, 0.2) is 0 Å². The maximum Gasteiger partial charge on any atom is 0.337 e. The molecule has 1 aliphatic rings. The molecule has 1 aromatic heterocycles. The largest absolute Gasteiger partial charge is 0.478 e. The summed E-state index contributed by atoms with van der Waals surface area (Å²) in [6, 6.07) is 5.28. The second-order valence-corrected chi connectivity index (χ2v) is 7.43. The number of hydrogen-bond donors (Lipinski definition) is 2. The molecule has 3 rings (SSSR count). The van der Waals surface area contributed by atoms with Crippen LogP contribution in [0.4, 0.5) is 0 Å². The van der Waals surface area contributed by atoms with Gasteiger partial charge >= 0.3 is 5.97 Å². The molecule has 1 atom stereocenters. The molecule has 0 saturated heterocycles. The molecule has 0 aliphatic heterocycles. The quantitative estimate of drug-likeness (QED) is 0.863. The van der Waals surface area contributed by atoms with Crippen LogP contribution in [-0.2, 0) is 22.9 Å². The van der Waals surface area contributed by atoms with Gasteiger partial charge in [-0.15, -0.1) is 0 Å². The van der Waals surface area contributed by atoms with E-state index in [2.05, 4.69) is 14.7 Å². The maximum absolute atomic E-state index is 12.6. The number of hydrogen-bond acceptors (Lipinski definition) is 5. The van der Waals surface area contributed by atoms with E-state index in [0.29, 0.717) is 25.1 Å². The molecule has 1 heterocycles. The van der Waals surface area contributed by atoms with Gasteiger partial charge in [0.1, 0.15) is 5.82 Å². The number of carbonyl (C=O) groups is 1. The summed E-state index contributed by atoms with van der Waals surface area (Å²) < 4.78 is 27.8. The Kier molecular flexibility index (Phi) is 4.33. The molecule has 0 spiro atoms. The lowest BCUT2D eigenvalue weighted by atomic mass is 9.93. The fourth-order valence-electron chi connectivity index (χ4n) is 2.87. The van der Waals surface area contributed by atoms with Gasteiger partial charge in [-0.25, -0.2) is 27.9 Å². The first-order valence-electron chi connectivity index (χ1n) is 7.53. The molecule has 1 aliphatic carbocycles. The average molecular weight is 347 g/mol. The van der Waals surface area contributed by atoms with Gasteiger partial charge in [0.05, 0.1) is 10.5 Å². The molecule has 1 aromatic carbocycles. The lowest BCUT2D eigenvalue weighted by Crippen LogP contribution is -2.39. The van der Waals surface area contributed by atoms with E-state index in [1.807, 2.05) is 6.92 Å². The van der Waals surface area contributed by atoms with Crippen molar-refractivity contribution in [3.8, 4) is 0 Å². The number of carboxylic acid groups (broad SMARTS) is 1. The number of benzene rings is 1. The third kappa shape index (κ3) is 3.29. The zero-order chi connectivity index (χ0) is 17.3. The van der Waals surface area contributed by atoms with Gasteiger partial charge in [-0.3, -0.25) is 0 Å². The third-order valence-electron chi connectivity index (χ3n) is 4.00. The number of nitrogens with one attached hydrogen (secondary N) is 1. The average Bonchev–Trinajstić information content (AvgIpc) is 2.54. The fourth-order valence-corrected chi connectivity index (χ4v) is 4.34. The van der Waals surface area contributed by atoms with E-state index in [9.17, 15) is 18.3 Å². The van der Waals surface area contributed by atoms with Crippen molar-refractivity contribution < 1.29 is 18.3 Å². The molecule has 24 heavy (non-hydrogen) atoms. The highest BCUT2D eigenvalue weighted by Gasteiger charge is 2.28. The Morgan fingerprint density at radius 1 is 1.33 bits per heavy atom. The first-order chi connectivity index (χ1) is 11.4. The molecular weight excluding hydrogens is 330 g/mol. The molecule has 7 nitrogen and oxygen atoms in total. The van der Waals surface area contributed by atoms with Gasteiger partial charge in [-0.2, -0.15) is 0 Å². The van der Waals surface area contributed by atoms with Crippen LogP contribution in [0.25, 0.3) is 0 Å². The predicted octanol–water partition coefficient (Wildman–Crippen LogP) is 1.32. The smallest absolute Gasteiger partial charge is 0.337 e. The van der Waals surface area contributed by atoms with Crippen molar-refractivity contribution in [3.63, 3.8) is 0 Å². The van der Waals surface area contributed by atoms with E-state index >= 15 is 0 Å². The van der Waals surface area contributed by atoms with Crippen molar-refractivity contribution in [2.75, 3.05) is 0 Å². The van der Waals surface area contributed by atoms with Crippen molar-refractivity contribution in [3.05, 3.63) is 53.1 Å². The zero-order valence-electron chi connectivity index (χ0n) is 13.1. The minimum absolute atomic E-state index is 0.219. The van der Waals surface area contributed by atoms with Crippen LogP contribution in [0.1, 0.15) is 33.9 Å². The van der Waals surface area contributed by atoms with Gasteiger partial charge in [0.2, 0.25) is 10.0 Å². The number of aromatic carboxylic acids is 1. The topological polar surface area (TPSA) is 109 Å². The predicted molar refractivity (Wildman–Crippen MR) is 86.3 cm³/mol. The molecular formula is C16H17N3O4S. The zero-order valence-corrected chi connectivity index (χ0v) is 13.9. The number of fused-ring (bicyclic) bond motifs is 1. The van der Waals surface area contributed by atoms with E-state index in [1.165, 1.54) is 24.3 Å². The Labute approximate surface area is 139 Å².